The molecule has 1 atom stereocenters. The molecular weight excluding hydrogens is 306 g/mol. The molecule has 0 radical (unpaired) electrons. The van der Waals surface area contributed by atoms with Crippen LogP contribution in [0.15, 0.2) is 21.6 Å². The lowest BCUT2D eigenvalue weighted by atomic mass is 10.0. The van der Waals surface area contributed by atoms with Crippen molar-refractivity contribution in [2.24, 2.45) is 0 Å². The van der Waals surface area contributed by atoms with Crippen LogP contribution >= 0.6 is 0 Å². The van der Waals surface area contributed by atoms with E-state index in [2.05, 4.69) is 9.62 Å². The first-order chi connectivity index (χ1) is 10.3. The van der Waals surface area contributed by atoms with Gasteiger partial charge in [-0.15, -0.1) is 0 Å². The minimum Gasteiger partial charge on any atom is -0.438 e. The second kappa shape index (κ2) is 6.80. The molecule has 2 heterocycles. The Morgan fingerprint density at radius 1 is 1.41 bits per heavy atom. The number of likely N-dealkylation sites (N-methyl/N-ethyl adjacent to an activating group) is 1. The third kappa shape index (κ3) is 3.68. The van der Waals surface area contributed by atoms with E-state index in [0.29, 0.717) is 6.54 Å². The van der Waals surface area contributed by atoms with Gasteiger partial charge in [0.15, 0.2) is 5.76 Å². The SMILES string of the molecule is CNS(=O)(=O)c1ccc(C(=O)N2CCCCC2CN(C)C)o1. The number of nitrogens with zero attached hydrogens (tertiary/aromatic N) is 2. The predicted octanol–water partition coefficient (Wildman–Crippen LogP) is 0.744. The second-order valence-electron chi connectivity index (χ2n) is 5.74. The third-order valence-electron chi connectivity index (χ3n) is 3.79. The summed E-state index contributed by atoms with van der Waals surface area (Å²) >= 11 is 0. The van der Waals surface area contributed by atoms with E-state index >= 15 is 0 Å². The first kappa shape index (κ1) is 17.0. The fraction of sp³-hybridized carbons (Fsp3) is 0.643. The van der Waals surface area contributed by atoms with Crippen molar-refractivity contribution in [1.82, 2.24) is 14.5 Å². The summed E-state index contributed by atoms with van der Waals surface area (Å²) in [6.07, 6.45) is 3.00. The molecule has 1 fully saturated rings. The number of hydrogen-bond acceptors (Lipinski definition) is 5. The van der Waals surface area contributed by atoms with E-state index in [9.17, 15) is 13.2 Å². The van der Waals surface area contributed by atoms with Crippen LogP contribution in [0.2, 0.25) is 0 Å². The van der Waals surface area contributed by atoms with Gasteiger partial charge >= 0.3 is 0 Å². The van der Waals surface area contributed by atoms with Crippen molar-refractivity contribution in [2.75, 3.05) is 34.2 Å². The van der Waals surface area contributed by atoms with Crippen molar-refractivity contribution in [3.8, 4) is 0 Å². The Morgan fingerprint density at radius 3 is 2.77 bits per heavy atom. The first-order valence-corrected chi connectivity index (χ1v) is 8.82. The molecule has 1 aliphatic heterocycles. The monoisotopic (exact) mass is 329 g/mol. The maximum absolute atomic E-state index is 12.6. The molecule has 1 amide bonds. The van der Waals surface area contributed by atoms with E-state index in [1.54, 1.807) is 4.90 Å². The summed E-state index contributed by atoms with van der Waals surface area (Å²) in [6, 6.07) is 2.86. The predicted molar refractivity (Wildman–Crippen MR) is 82.2 cm³/mol. The Labute approximate surface area is 131 Å². The Morgan fingerprint density at radius 2 is 2.14 bits per heavy atom. The van der Waals surface area contributed by atoms with Gasteiger partial charge in [0.25, 0.3) is 15.9 Å². The molecule has 1 saturated heterocycles. The molecule has 0 bridgehead atoms. The average Bonchev–Trinajstić information content (AvgIpc) is 2.97. The summed E-state index contributed by atoms with van der Waals surface area (Å²) < 4.78 is 30.8. The maximum Gasteiger partial charge on any atom is 0.289 e. The molecule has 1 N–H and O–H groups in total. The topological polar surface area (TPSA) is 82.9 Å². The van der Waals surface area contributed by atoms with Crippen molar-refractivity contribution in [3.05, 3.63) is 17.9 Å². The fourth-order valence-corrected chi connectivity index (χ4v) is 3.35. The molecule has 1 aliphatic rings. The standard InChI is InChI=1S/C14H23N3O4S/c1-15-22(19,20)13-8-7-12(21-13)14(18)17-9-5-4-6-11(17)10-16(2)3/h7-8,11,15H,4-6,9-10H2,1-3H3. The van der Waals surface area contributed by atoms with Crippen LogP contribution in [-0.4, -0.2) is 64.4 Å². The average molecular weight is 329 g/mol. The van der Waals surface area contributed by atoms with Crippen LogP contribution in [0.5, 0.6) is 0 Å². The van der Waals surface area contributed by atoms with Gasteiger partial charge in [0.2, 0.25) is 5.09 Å². The van der Waals surface area contributed by atoms with Gasteiger partial charge in [-0.25, -0.2) is 13.1 Å². The lowest BCUT2D eigenvalue weighted by Crippen LogP contribution is -2.48. The number of piperidine rings is 1. The minimum absolute atomic E-state index is 0.0690. The highest BCUT2D eigenvalue weighted by Gasteiger charge is 2.30. The molecule has 0 aliphatic carbocycles. The lowest BCUT2D eigenvalue weighted by molar-refractivity contribution is 0.0537. The molecule has 0 spiro atoms. The van der Waals surface area contributed by atoms with E-state index in [-0.39, 0.29) is 22.8 Å². The van der Waals surface area contributed by atoms with Gasteiger partial charge in [-0.2, -0.15) is 0 Å². The fourth-order valence-electron chi connectivity index (χ4n) is 2.70. The summed E-state index contributed by atoms with van der Waals surface area (Å²) in [7, 11) is 1.58. The quantitative estimate of drug-likeness (QED) is 0.862. The summed E-state index contributed by atoms with van der Waals surface area (Å²) in [6.45, 7) is 1.46. The lowest BCUT2D eigenvalue weighted by Gasteiger charge is -2.36. The Hall–Kier alpha value is -1.38. The van der Waals surface area contributed by atoms with Crippen molar-refractivity contribution in [2.45, 2.75) is 30.4 Å². The van der Waals surface area contributed by atoms with Gasteiger partial charge in [0, 0.05) is 19.1 Å². The van der Waals surface area contributed by atoms with E-state index in [4.69, 9.17) is 4.42 Å². The van der Waals surface area contributed by atoms with Crippen LogP contribution in [-0.2, 0) is 10.0 Å². The van der Waals surface area contributed by atoms with Gasteiger partial charge in [0.05, 0.1) is 0 Å². The smallest absolute Gasteiger partial charge is 0.289 e. The zero-order valence-corrected chi connectivity index (χ0v) is 14.0. The normalized spacial score (nSPS) is 19.6. The highest BCUT2D eigenvalue weighted by atomic mass is 32.2. The van der Waals surface area contributed by atoms with Crippen LogP contribution in [0.3, 0.4) is 0 Å². The Bertz CT molecular complexity index is 624. The minimum atomic E-state index is -3.67. The summed E-state index contributed by atoms with van der Waals surface area (Å²) in [5.74, 6) is -0.177. The van der Waals surface area contributed by atoms with Crippen LogP contribution in [0, 0.1) is 0 Å². The second-order valence-corrected chi connectivity index (χ2v) is 7.55. The molecule has 124 valence electrons. The molecule has 1 aromatic heterocycles. The van der Waals surface area contributed by atoms with Gasteiger partial charge in [-0.3, -0.25) is 4.79 Å². The van der Waals surface area contributed by atoms with Crippen LogP contribution in [0.25, 0.3) is 0 Å². The number of rotatable bonds is 5. The number of furan rings is 1. The summed E-state index contributed by atoms with van der Waals surface area (Å²) in [5, 5.41) is -0.237. The molecule has 2 rings (SSSR count). The molecule has 0 aromatic carbocycles. The van der Waals surface area contributed by atoms with Crippen molar-refractivity contribution >= 4 is 15.9 Å². The molecule has 8 heteroatoms. The zero-order chi connectivity index (χ0) is 16.3. The van der Waals surface area contributed by atoms with Gasteiger partial charge in [-0.1, -0.05) is 0 Å². The van der Waals surface area contributed by atoms with Crippen molar-refractivity contribution in [3.63, 3.8) is 0 Å². The van der Waals surface area contributed by atoms with Crippen LogP contribution < -0.4 is 4.72 Å². The van der Waals surface area contributed by atoms with Gasteiger partial charge < -0.3 is 14.2 Å². The van der Waals surface area contributed by atoms with E-state index in [0.717, 1.165) is 25.8 Å². The van der Waals surface area contributed by atoms with E-state index in [1.165, 1.54) is 19.2 Å². The summed E-state index contributed by atoms with van der Waals surface area (Å²) in [4.78, 5) is 16.5. The maximum atomic E-state index is 12.6. The van der Waals surface area contributed by atoms with Gasteiger partial charge in [0.1, 0.15) is 0 Å². The number of hydrogen-bond donors (Lipinski definition) is 1. The van der Waals surface area contributed by atoms with Crippen LogP contribution in [0.1, 0.15) is 29.8 Å². The zero-order valence-electron chi connectivity index (χ0n) is 13.2. The Kier molecular flexibility index (Phi) is 5.25. The number of carbonyl (C=O) groups is 1. The number of sulfonamides is 1. The molecule has 1 unspecified atom stereocenters. The summed E-state index contributed by atoms with van der Waals surface area (Å²) in [5.41, 5.74) is 0. The molecule has 1 aromatic rings. The molecular formula is C14H23N3O4S. The highest BCUT2D eigenvalue weighted by Crippen LogP contribution is 2.22. The van der Waals surface area contributed by atoms with Crippen molar-refractivity contribution in [1.29, 1.82) is 0 Å². The molecule has 0 saturated carbocycles. The number of nitrogens with one attached hydrogen (secondary N) is 1. The highest BCUT2D eigenvalue weighted by molar-refractivity contribution is 7.89. The largest absolute Gasteiger partial charge is 0.438 e. The van der Waals surface area contributed by atoms with Crippen molar-refractivity contribution < 1.29 is 17.6 Å². The number of amides is 1. The first-order valence-electron chi connectivity index (χ1n) is 7.34. The van der Waals surface area contributed by atoms with Gasteiger partial charge in [-0.05, 0) is 52.5 Å². The number of carbonyl (C=O) groups excluding carboxylic acids is 1. The van der Waals surface area contributed by atoms with Crippen LogP contribution in [0.4, 0.5) is 0 Å². The molecule has 22 heavy (non-hydrogen) atoms. The van der Waals surface area contributed by atoms with E-state index in [1.807, 2.05) is 14.1 Å². The third-order valence-corrected chi connectivity index (χ3v) is 5.08. The van der Waals surface area contributed by atoms with E-state index < -0.39 is 10.0 Å². The Balaban J connectivity index is 2.19. The number of likely N-dealkylation sites (tertiary alicyclic amines) is 1. The molecule has 7 nitrogen and oxygen atoms in total.